The molecule has 0 spiro atoms. The standard InChI is InChI=1S/C26H22ClN3O4S/c1-30-13-22(25(33)29-12-16-5-7-19(27)8-6-16)24(32)21-10-20(35-26(21)30)14-34-15-23(31)18-4-2-3-17(9-18)11-28/h2-10,13,23,31H,12,14-15H2,1H3,(H,29,33). The highest BCUT2D eigenvalue weighted by molar-refractivity contribution is 7.18. The van der Waals surface area contributed by atoms with E-state index in [9.17, 15) is 14.7 Å². The number of nitrogens with one attached hydrogen (secondary N) is 1. The van der Waals surface area contributed by atoms with Crippen molar-refractivity contribution in [1.29, 1.82) is 5.26 Å². The lowest BCUT2D eigenvalue weighted by atomic mass is 10.1. The summed E-state index contributed by atoms with van der Waals surface area (Å²) in [6.07, 6.45) is 0.661. The first-order valence-corrected chi connectivity index (χ1v) is 12.0. The molecule has 0 aliphatic rings. The topological polar surface area (TPSA) is 104 Å². The van der Waals surface area contributed by atoms with Crippen molar-refractivity contribution in [3.8, 4) is 6.07 Å². The largest absolute Gasteiger partial charge is 0.386 e. The molecule has 0 saturated heterocycles. The normalized spacial score (nSPS) is 11.8. The molecule has 0 bridgehead atoms. The van der Waals surface area contributed by atoms with Gasteiger partial charge in [-0.15, -0.1) is 11.3 Å². The summed E-state index contributed by atoms with van der Waals surface area (Å²) >= 11 is 7.28. The van der Waals surface area contributed by atoms with Crippen molar-refractivity contribution in [1.82, 2.24) is 9.88 Å². The molecule has 1 amide bonds. The van der Waals surface area contributed by atoms with E-state index >= 15 is 0 Å². The van der Waals surface area contributed by atoms with Crippen LogP contribution >= 0.6 is 22.9 Å². The molecule has 0 fully saturated rings. The van der Waals surface area contributed by atoms with Crippen LogP contribution in [0.1, 0.15) is 38.0 Å². The second-order valence-electron chi connectivity index (χ2n) is 7.99. The molecule has 2 aromatic carbocycles. The number of aromatic nitrogens is 1. The molecule has 2 aromatic heterocycles. The summed E-state index contributed by atoms with van der Waals surface area (Å²) in [7, 11) is 1.78. The van der Waals surface area contributed by atoms with E-state index in [1.165, 1.54) is 17.5 Å². The van der Waals surface area contributed by atoms with E-state index in [2.05, 4.69) is 5.32 Å². The number of nitriles is 1. The summed E-state index contributed by atoms with van der Waals surface area (Å²) < 4.78 is 7.42. The number of aliphatic hydroxyl groups excluding tert-OH is 1. The molecule has 35 heavy (non-hydrogen) atoms. The molecule has 7 nitrogen and oxygen atoms in total. The van der Waals surface area contributed by atoms with Crippen molar-refractivity contribution in [2.75, 3.05) is 6.61 Å². The van der Waals surface area contributed by atoms with Gasteiger partial charge in [0.1, 0.15) is 16.5 Å². The predicted molar refractivity (Wildman–Crippen MR) is 135 cm³/mol. The zero-order valence-corrected chi connectivity index (χ0v) is 20.4. The van der Waals surface area contributed by atoms with Crippen LogP contribution in [0.2, 0.25) is 5.02 Å². The summed E-state index contributed by atoms with van der Waals surface area (Å²) in [4.78, 5) is 27.3. The van der Waals surface area contributed by atoms with Crippen LogP contribution in [0.25, 0.3) is 10.2 Å². The van der Waals surface area contributed by atoms with Gasteiger partial charge < -0.3 is 19.7 Å². The third kappa shape index (κ3) is 5.78. The van der Waals surface area contributed by atoms with Crippen molar-refractivity contribution in [3.05, 3.63) is 103 Å². The first kappa shape index (κ1) is 24.6. The quantitative estimate of drug-likeness (QED) is 0.370. The number of pyridine rings is 1. The number of thiophene rings is 1. The number of fused-ring (bicyclic) bond motifs is 1. The number of nitrogens with zero attached hydrogens (tertiary/aromatic N) is 2. The Morgan fingerprint density at radius 3 is 2.77 bits per heavy atom. The van der Waals surface area contributed by atoms with Crippen LogP contribution in [0.5, 0.6) is 0 Å². The molecule has 1 atom stereocenters. The first-order valence-electron chi connectivity index (χ1n) is 10.8. The maximum absolute atomic E-state index is 13.0. The SMILES string of the molecule is Cn1cc(C(=O)NCc2ccc(Cl)cc2)c(=O)c2cc(COCC(O)c3cccc(C#N)c3)sc21. The number of benzene rings is 2. The Labute approximate surface area is 210 Å². The number of aryl methyl sites for hydroxylation is 1. The van der Waals surface area contributed by atoms with Gasteiger partial charge in [-0.1, -0.05) is 35.9 Å². The second-order valence-corrected chi connectivity index (χ2v) is 9.54. The lowest BCUT2D eigenvalue weighted by molar-refractivity contribution is 0.0287. The van der Waals surface area contributed by atoms with E-state index < -0.39 is 12.0 Å². The van der Waals surface area contributed by atoms with Crippen LogP contribution in [0.4, 0.5) is 0 Å². The van der Waals surface area contributed by atoms with E-state index in [1.54, 1.807) is 54.1 Å². The highest BCUT2D eigenvalue weighted by atomic mass is 35.5. The predicted octanol–water partition coefficient (Wildman–Crippen LogP) is 4.31. The molecule has 178 valence electrons. The molecular weight excluding hydrogens is 486 g/mol. The fraction of sp³-hybridized carbons (Fsp3) is 0.192. The Hall–Kier alpha value is -3.48. The van der Waals surface area contributed by atoms with Crippen molar-refractivity contribution in [2.45, 2.75) is 19.3 Å². The molecule has 9 heteroatoms. The van der Waals surface area contributed by atoms with Gasteiger partial charge in [0.25, 0.3) is 5.91 Å². The number of rotatable bonds is 8. The van der Waals surface area contributed by atoms with Crippen molar-refractivity contribution in [2.24, 2.45) is 7.05 Å². The van der Waals surface area contributed by atoms with E-state index in [0.29, 0.717) is 21.5 Å². The Kier molecular flexibility index (Phi) is 7.63. The average molecular weight is 508 g/mol. The van der Waals surface area contributed by atoms with Gasteiger partial charge in [0.15, 0.2) is 0 Å². The summed E-state index contributed by atoms with van der Waals surface area (Å²) in [6, 6.07) is 17.6. The number of ether oxygens (including phenoxy) is 1. The van der Waals surface area contributed by atoms with Crippen LogP contribution in [0.15, 0.2) is 65.6 Å². The third-order valence-corrected chi connectivity index (χ3v) is 6.88. The van der Waals surface area contributed by atoms with Gasteiger partial charge >= 0.3 is 0 Å². The molecule has 0 aliphatic heterocycles. The fourth-order valence-corrected chi connectivity index (χ4v) is 4.76. The van der Waals surface area contributed by atoms with Crippen LogP contribution in [-0.2, 0) is 24.9 Å². The highest BCUT2D eigenvalue weighted by Crippen LogP contribution is 2.25. The van der Waals surface area contributed by atoms with Crippen LogP contribution in [-0.4, -0.2) is 22.2 Å². The molecule has 0 radical (unpaired) electrons. The minimum atomic E-state index is -0.875. The zero-order valence-electron chi connectivity index (χ0n) is 18.8. The summed E-state index contributed by atoms with van der Waals surface area (Å²) in [5, 5.41) is 23.2. The van der Waals surface area contributed by atoms with Crippen molar-refractivity contribution >= 4 is 39.1 Å². The van der Waals surface area contributed by atoms with E-state index in [-0.39, 0.29) is 30.8 Å². The second kappa shape index (κ2) is 10.8. The van der Waals surface area contributed by atoms with Gasteiger partial charge in [0.2, 0.25) is 5.43 Å². The Balaban J connectivity index is 1.43. The average Bonchev–Trinajstić information content (AvgIpc) is 3.31. The fourth-order valence-electron chi connectivity index (χ4n) is 3.61. The molecular formula is C26H22ClN3O4S. The summed E-state index contributed by atoms with van der Waals surface area (Å²) in [6.45, 7) is 0.517. The van der Waals surface area contributed by atoms with Gasteiger partial charge in [-0.3, -0.25) is 9.59 Å². The van der Waals surface area contributed by atoms with Gasteiger partial charge in [-0.2, -0.15) is 5.26 Å². The molecule has 4 rings (SSSR count). The lowest BCUT2D eigenvalue weighted by Gasteiger charge is -2.11. The van der Waals surface area contributed by atoms with Crippen molar-refractivity contribution in [3.63, 3.8) is 0 Å². The minimum absolute atomic E-state index is 0.0395. The van der Waals surface area contributed by atoms with Gasteiger partial charge in [0.05, 0.1) is 30.2 Å². The van der Waals surface area contributed by atoms with E-state index in [0.717, 1.165) is 15.3 Å². The van der Waals surface area contributed by atoms with E-state index in [4.69, 9.17) is 21.6 Å². The number of hydrogen-bond donors (Lipinski definition) is 2. The Morgan fingerprint density at radius 2 is 2.03 bits per heavy atom. The number of carbonyl (C=O) groups is 1. The lowest BCUT2D eigenvalue weighted by Crippen LogP contribution is -2.29. The molecule has 2 N–H and O–H groups in total. The summed E-state index contributed by atoms with van der Waals surface area (Å²) in [5.74, 6) is -0.450. The van der Waals surface area contributed by atoms with Crippen LogP contribution in [0, 0.1) is 11.3 Å². The highest BCUT2D eigenvalue weighted by Gasteiger charge is 2.17. The van der Waals surface area contributed by atoms with Crippen LogP contribution < -0.4 is 10.7 Å². The first-order chi connectivity index (χ1) is 16.9. The Bertz CT molecular complexity index is 1470. The smallest absolute Gasteiger partial charge is 0.257 e. The number of aliphatic hydroxyl groups is 1. The van der Waals surface area contributed by atoms with E-state index in [1.807, 2.05) is 18.2 Å². The van der Waals surface area contributed by atoms with Crippen LogP contribution in [0.3, 0.4) is 0 Å². The molecule has 0 aliphatic carbocycles. The van der Waals surface area contributed by atoms with Gasteiger partial charge in [0, 0.05) is 29.7 Å². The maximum Gasteiger partial charge on any atom is 0.257 e. The molecule has 4 aromatic rings. The number of amides is 1. The zero-order chi connectivity index (χ0) is 24.9. The Morgan fingerprint density at radius 1 is 1.26 bits per heavy atom. The van der Waals surface area contributed by atoms with Gasteiger partial charge in [-0.05, 0) is 41.5 Å². The number of halogens is 1. The third-order valence-electron chi connectivity index (χ3n) is 5.43. The summed E-state index contributed by atoms with van der Waals surface area (Å²) in [5.41, 5.74) is 1.66. The molecule has 2 heterocycles. The monoisotopic (exact) mass is 507 g/mol. The molecule has 1 unspecified atom stereocenters. The maximum atomic E-state index is 13.0. The minimum Gasteiger partial charge on any atom is -0.386 e. The van der Waals surface area contributed by atoms with Crippen molar-refractivity contribution < 1.29 is 14.6 Å². The van der Waals surface area contributed by atoms with Gasteiger partial charge in [-0.25, -0.2) is 0 Å². The molecule has 0 saturated carbocycles. The number of hydrogen-bond acceptors (Lipinski definition) is 6. The number of carbonyl (C=O) groups excluding carboxylic acids is 1.